The molecule has 0 heterocycles. The van der Waals surface area contributed by atoms with Crippen LogP contribution >= 0.6 is 54.4 Å². The molecule has 112 valence electrons. The van der Waals surface area contributed by atoms with Crippen LogP contribution in [0.25, 0.3) is 0 Å². The van der Waals surface area contributed by atoms with Gasteiger partial charge in [-0.15, -0.1) is 11.8 Å². The first-order valence-electron chi connectivity index (χ1n) is 5.08. The first-order chi connectivity index (χ1) is 9.31. The van der Waals surface area contributed by atoms with Crippen LogP contribution in [0.1, 0.15) is 6.92 Å². The maximum atomic E-state index is 12.2. The van der Waals surface area contributed by atoms with Crippen LogP contribution in [0.5, 0.6) is 5.75 Å². The van der Waals surface area contributed by atoms with Crippen LogP contribution in [0.4, 0.5) is 0 Å². The number of hydrogen-bond donors (Lipinski definition) is 0. The fourth-order valence-electron chi connectivity index (χ4n) is 0.927. The number of phosphoric ester groups is 1. The lowest BCUT2D eigenvalue weighted by molar-refractivity contribution is 0.186. The Morgan fingerprint density at radius 2 is 1.85 bits per heavy atom. The van der Waals surface area contributed by atoms with E-state index >= 15 is 0 Å². The Hall–Kier alpha value is -0.100. The molecule has 0 fully saturated rings. The Kier molecular flexibility index (Phi) is 6.98. The van der Waals surface area contributed by atoms with Gasteiger partial charge in [-0.1, -0.05) is 40.0 Å². The van der Waals surface area contributed by atoms with Gasteiger partial charge in [-0.25, -0.2) is 4.57 Å². The lowest BCUT2D eigenvalue weighted by Gasteiger charge is -2.15. The summed E-state index contributed by atoms with van der Waals surface area (Å²) in [6.07, 6.45) is 1.79. The van der Waals surface area contributed by atoms with Crippen LogP contribution in [0.3, 0.4) is 0 Å². The second kappa shape index (κ2) is 7.78. The van der Waals surface area contributed by atoms with E-state index in [9.17, 15) is 4.57 Å². The van der Waals surface area contributed by atoms with Gasteiger partial charge < -0.3 is 4.52 Å². The van der Waals surface area contributed by atoms with E-state index < -0.39 is 7.82 Å². The number of nitrogens with zero attached hydrogens (tertiary/aromatic N) is 1. The van der Waals surface area contributed by atoms with E-state index in [1.807, 2.05) is 0 Å². The number of hydrogen-bond acceptors (Lipinski definition) is 6. The zero-order valence-corrected chi connectivity index (χ0v) is 14.7. The minimum absolute atomic E-state index is 0.0169. The smallest absolute Gasteiger partial charge is 0.392 e. The molecule has 0 aliphatic carbocycles. The zero-order valence-electron chi connectivity index (χ0n) is 10.7. The zero-order chi connectivity index (χ0) is 15.3. The fourth-order valence-corrected chi connectivity index (χ4v) is 2.51. The van der Waals surface area contributed by atoms with Crippen LogP contribution in [-0.2, 0) is 13.7 Å². The van der Waals surface area contributed by atoms with Crippen LogP contribution < -0.4 is 4.52 Å². The highest BCUT2D eigenvalue weighted by atomic mass is 35.5. The van der Waals surface area contributed by atoms with Crippen LogP contribution in [0.2, 0.25) is 15.1 Å². The maximum Gasteiger partial charge on any atom is 0.608 e. The van der Waals surface area contributed by atoms with Crippen molar-refractivity contribution in [3.63, 3.8) is 0 Å². The minimum atomic E-state index is -3.94. The molecule has 20 heavy (non-hydrogen) atoms. The molecule has 1 rings (SSSR count). The summed E-state index contributed by atoms with van der Waals surface area (Å²) in [4.78, 5) is 0. The van der Waals surface area contributed by atoms with Crippen molar-refractivity contribution in [1.29, 1.82) is 0 Å². The van der Waals surface area contributed by atoms with Crippen molar-refractivity contribution in [2.24, 2.45) is 5.16 Å². The van der Waals surface area contributed by atoms with Gasteiger partial charge in [0, 0.05) is 13.2 Å². The highest BCUT2D eigenvalue weighted by Gasteiger charge is 2.30. The normalized spacial score (nSPS) is 14.8. The van der Waals surface area contributed by atoms with Crippen molar-refractivity contribution < 1.29 is 18.2 Å². The predicted molar refractivity (Wildman–Crippen MR) is 84.4 cm³/mol. The first kappa shape index (κ1) is 18.0. The van der Waals surface area contributed by atoms with Gasteiger partial charge in [-0.05, 0) is 19.2 Å². The Labute approximate surface area is 136 Å². The molecular weight excluding hydrogens is 368 g/mol. The van der Waals surface area contributed by atoms with Gasteiger partial charge in [-0.2, -0.15) is 0 Å². The summed E-state index contributed by atoms with van der Waals surface area (Å²) in [6, 6.07) is 2.67. The summed E-state index contributed by atoms with van der Waals surface area (Å²) in [5.74, 6) is 0.0169. The second-order valence-corrected chi connectivity index (χ2v) is 7.14. The predicted octanol–water partition coefficient (Wildman–Crippen LogP) is 5.49. The highest BCUT2D eigenvalue weighted by molar-refractivity contribution is 8.13. The summed E-state index contributed by atoms with van der Waals surface area (Å²) in [5, 5.41) is 4.72. The average molecular weight is 379 g/mol. The van der Waals surface area contributed by atoms with E-state index in [-0.39, 0.29) is 20.8 Å². The number of thioether (sulfide) groups is 1. The van der Waals surface area contributed by atoms with Gasteiger partial charge in [0.2, 0.25) is 0 Å². The lowest BCUT2D eigenvalue weighted by atomic mass is 10.3. The third kappa shape index (κ3) is 5.02. The molecule has 5 nitrogen and oxygen atoms in total. The summed E-state index contributed by atoms with van der Waals surface area (Å²) in [7, 11) is -2.78. The van der Waals surface area contributed by atoms with Crippen molar-refractivity contribution >= 4 is 59.4 Å². The summed E-state index contributed by atoms with van der Waals surface area (Å²) < 4.78 is 26.9. The molecule has 10 heteroatoms. The quantitative estimate of drug-likeness (QED) is 0.223. The van der Waals surface area contributed by atoms with Gasteiger partial charge in [0.25, 0.3) is 0 Å². The molecule has 0 saturated heterocycles. The number of rotatable bonds is 5. The van der Waals surface area contributed by atoms with E-state index in [4.69, 9.17) is 48.5 Å². The summed E-state index contributed by atoms with van der Waals surface area (Å²) >= 11 is 18.9. The minimum Gasteiger partial charge on any atom is -0.392 e. The monoisotopic (exact) mass is 377 g/mol. The van der Waals surface area contributed by atoms with Crippen molar-refractivity contribution in [2.75, 3.05) is 13.4 Å². The lowest BCUT2D eigenvalue weighted by Crippen LogP contribution is -1.99. The molecule has 0 radical (unpaired) electrons. The molecule has 0 aromatic heterocycles. The largest absolute Gasteiger partial charge is 0.608 e. The third-order valence-electron chi connectivity index (χ3n) is 1.97. The molecule has 1 atom stereocenters. The summed E-state index contributed by atoms with van der Waals surface area (Å²) in [6.45, 7) is 1.68. The molecule has 1 aromatic carbocycles. The van der Waals surface area contributed by atoms with Crippen molar-refractivity contribution in [2.45, 2.75) is 6.92 Å². The number of oxime groups is 1. The molecule has 1 aromatic rings. The Morgan fingerprint density at radius 3 is 2.40 bits per heavy atom. The first-order valence-corrected chi connectivity index (χ1v) is 8.90. The molecule has 0 saturated carbocycles. The van der Waals surface area contributed by atoms with Crippen LogP contribution in [0, 0.1) is 0 Å². The molecule has 0 N–H and O–H groups in total. The van der Waals surface area contributed by atoms with E-state index in [2.05, 4.69) is 5.16 Å². The van der Waals surface area contributed by atoms with Gasteiger partial charge in [0.1, 0.15) is 5.04 Å². The topological polar surface area (TPSA) is 57.1 Å². The van der Waals surface area contributed by atoms with Gasteiger partial charge in [0.05, 0.1) is 15.1 Å². The number of halogens is 3. The molecule has 0 bridgehead atoms. The van der Waals surface area contributed by atoms with Crippen molar-refractivity contribution in [3.05, 3.63) is 27.2 Å². The van der Waals surface area contributed by atoms with Crippen molar-refractivity contribution in [3.8, 4) is 5.75 Å². The van der Waals surface area contributed by atoms with E-state index in [1.165, 1.54) is 23.9 Å². The van der Waals surface area contributed by atoms with E-state index in [0.29, 0.717) is 5.04 Å². The molecule has 0 spiro atoms. The summed E-state index contributed by atoms with van der Waals surface area (Å²) in [5.41, 5.74) is 0. The molecular formula is C10H11Cl3NO4PS. The molecule has 0 amide bonds. The number of phosphoric acid groups is 1. The highest BCUT2D eigenvalue weighted by Crippen LogP contribution is 2.51. The standard InChI is InChI=1S/C10H11Cl3NO4PS/c1-6(20-3)14-18-19(15,16-2)17-10-5-8(12)7(11)4-9(10)13/h4-5H,1-3H3/b14-6+. The molecule has 0 aliphatic heterocycles. The average Bonchev–Trinajstić information content (AvgIpc) is 2.42. The Morgan fingerprint density at radius 1 is 1.25 bits per heavy atom. The molecule has 0 aliphatic rings. The van der Waals surface area contributed by atoms with E-state index in [0.717, 1.165) is 7.11 Å². The SMILES string of the molecule is COP(=O)(O/N=C(\C)SC)Oc1cc(Cl)c(Cl)cc1Cl. The second-order valence-electron chi connectivity index (χ2n) is 3.31. The molecule has 1 unspecified atom stereocenters. The third-order valence-corrected chi connectivity index (χ3v) is 4.81. The van der Waals surface area contributed by atoms with Crippen molar-refractivity contribution in [1.82, 2.24) is 0 Å². The fraction of sp³-hybridized carbons (Fsp3) is 0.300. The van der Waals surface area contributed by atoms with Crippen LogP contribution in [0.15, 0.2) is 17.3 Å². The number of benzene rings is 1. The Bertz CT molecular complexity index is 570. The van der Waals surface area contributed by atoms with E-state index in [1.54, 1.807) is 13.2 Å². The van der Waals surface area contributed by atoms with Gasteiger partial charge >= 0.3 is 7.82 Å². The maximum absolute atomic E-state index is 12.2. The Balaban J connectivity index is 2.99. The van der Waals surface area contributed by atoms with Gasteiger partial charge in [-0.3, -0.25) is 9.15 Å². The van der Waals surface area contributed by atoms with Crippen LogP contribution in [-0.4, -0.2) is 18.4 Å². The van der Waals surface area contributed by atoms with Gasteiger partial charge in [0.15, 0.2) is 5.75 Å².